The molecule has 0 aromatic heterocycles. The molecule has 0 N–H and O–H groups in total. The average molecular weight is 336 g/mol. The second-order valence-electron chi connectivity index (χ2n) is 3.22. The number of carbonyl (C=O) groups is 1. The zero-order valence-corrected chi connectivity index (χ0v) is 11.8. The van der Waals surface area contributed by atoms with Crippen LogP contribution in [0.2, 0.25) is 0 Å². The van der Waals surface area contributed by atoms with Crippen molar-refractivity contribution in [3.8, 4) is 5.75 Å². The zero-order valence-electron chi connectivity index (χ0n) is 8.59. The fraction of sp³-hybridized carbons (Fsp3) is 0.364. The van der Waals surface area contributed by atoms with E-state index in [9.17, 15) is 4.79 Å². The Balaban J connectivity index is 3.11. The lowest BCUT2D eigenvalue weighted by atomic mass is 10.1. The van der Waals surface area contributed by atoms with Gasteiger partial charge in [0, 0.05) is 5.33 Å². The van der Waals surface area contributed by atoms with Gasteiger partial charge in [-0.05, 0) is 30.2 Å². The molecule has 1 rings (SSSR count). The van der Waals surface area contributed by atoms with Gasteiger partial charge in [-0.15, -0.1) is 0 Å². The lowest BCUT2D eigenvalue weighted by molar-refractivity contribution is -0.116. The SMILES string of the molecule is COc1cc(CBr)cc(C(Br)C(C)=O)c1. The van der Waals surface area contributed by atoms with E-state index in [0.29, 0.717) is 0 Å². The van der Waals surface area contributed by atoms with Gasteiger partial charge < -0.3 is 4.74 Å². The molecule has 0 aliphatic heterocycles. The molecule has 1 aromatic carbocycles. The molecule has 15 heavy (non-hydrogen) atoms. The van der Waals surface area contributed by atoms with E-state index in [-0.39, 0.29) is 10.6 Å². The molecule has 0 aliphatic carbocycles. The van der Waals surface area contributed by atoms with Crippen LogP contribution < -0.4 is 4.74 Å². The van der Waals surface area contributed by atoms with E-state index in [0.717, 1.165) is 22.2 Å². The minimum Gasteiger partial charge on any atom is -0.497 e. The molecule has 0 radical (unpaired) electrons. The molecule has 1 aromatic rings. The van der Waals surface area contributed by atoms with Crippen molar-refractivity contribution in [2.45, 2.75) is 17.1 Å². The highest BCUT2D eigenvalue weighted by Crippen LogP contribution is 2.29. The summed E-state index contributed by atoms with van der Waals surface area (Å²) in [5.41, 5.74) is 2.02. The van der Waals surface area contributed by atoms with Gasteiger partial charge in [0.2, 0.25) is 0 Å². The maximum Gasteiger partial charge on any atom is 0.147 e. The summed E-state index contributed by atoms with van der Waals surface area (Å²) in [5, 5.41) is 0.745. The highest BCUT2D eigenvalue weighted by molar-refractivity contribution is 9.09. The van der Waals surface area contributed by atoms with Crippen LogP contribution in [-0.4, -0.2) is 12.9 Å². The third-order valence-corrected chi connectivity index (χ3v) is 3.85. The van der Waals surface area contributed by atoms with Crippen molar-refractivity contribution >= 4 is 37.6 Å². The van der Waals surface area contributed by atoms with Gasteiger partial charge in [-0.1, -0.05) is 37.9 Å². The Morgan fingerprint density at radius 1 is 1.47 bits per heavy atom. The van der Waals surface area contributed by atoms with Gasteiger partial charge in [-0.3, -0.25) is 4.79 Å². The van der Waals surface area contributed by atoms with Crippen LogP contribution in [-0.2, 0) is 10.1 Å². The predicted octanol–water partition coefficient (Wildman–Crippen LogP) is 3.62. The van der Waals surface area contributed by atoms with Crippen LogP contribution in [0.25, 0.3) is 0 Å². The Bertz CT molecular complexity index is 341. The van der Waals surface area contributed by atoms with Gasteiger partial charge in [0.15, 0.2) is 0 Å². The molecule has 0 saturated heterocycles. The molecule has 0 bridgehead atoms. The van der Waals surface area contributed by atoms with Gasteiger partial charge in [0.1, 0.15) is 11.5 Å². The summed E-state index contributed by atoms with van der Waals surface area (Å²) >= 11 is 6.74. The predicted molar refractivity (Wildman–Crippen MR) is 68.0 cm³/mol. The first-order valence-corrected chi connectivity index (χ1v) is 6.50. The van der Waals surface area contributed by atoms with Crippen molar-refractivity contribution in [1.82, 2.24) is 0 Å². The normalized spacial score (nSPS) is 12.3. The lowest BCUT2D eigenvalue weighted by Crippen LogP contribution is -2.02. The lowest BCUT2D eigenvalue weighted by Gasteiger charge is -2.10. The number of hydrogen-bond donors (Lipinski definition) is 0. The topological polar surface area (TPSA) is 26.3 Å². The van der Waals surface area contributed by atoms with E-state index in [1.165, 1.54) is 0 Å². The van der Waals surface area contributed by atoms with Gasteiger partial charge in [-0.25, -0.2) is 0 Å². The van der Waals surface area contributed by atoms with Crippen molar-refractivity contribution in [1.29, 1.82) is 0 Å². The first-order chi connectivity index (χ1) is 7.08. The minimum absolute atomic E-state index is 0.0868. The van der Waals surface area contributed by atoms with Gasteiger partial charge in [-0.2, -0.15) is 0 Å². The number of ketones is 1. The average Bonchev–Trinajstić information content (AvgIpc) is 2.27. The van der Waals surface area contributed by atoms with E-state index in [1.54, 1.807) is 14.0 Å². The maximum absolute atomic E-state index is 11.2. The summed E-state index contributed by atoms with van der Waals surface area (Å²) in [5.74, 6) is 0.858. The molecular weight excluding hydrogens is 324 g/mol. The molecule has 0 amide bonds. The number of rotatable bonds is 4. The monoisotopic (exact) mass is 334 g/mol. The quantitative estimate of drug-likeness (QED) is 0.785. The van der Waals surface area contributed by atoms with Crippen LogP contribution in [0.1, 0.15) is 22.9 Å². The van der Waals surface area contributed by atoms with Crippen LogP contribution in [0.15, 0.2) is 18.2 Å². The number of ether oxygens (including phenoxy) is 1. The van der Waals surface area contributed by atoms with Crippen LogP contribution in [0, 0.1) is 0 Å². The van der Waals surface area contributed by atoms with E-state index < -0.39 is 0 Å². The van der Waals surface area contributed by atoms with Crippen LogP contribution in [0.5, 0.6) is 5.75 Å². The molecule has 1 unspecified atom stereocenters. The fourth-order valence-corrected chi connectivity index (χ4v) is 1.85. The van der Waals surface area contributed by atoms with Crippen molar-refractivity contribution in [3.63, 3.8) is 0 Å². The van der Waals surface area contributed by atoms with Crippen molar-refractivity contribution in [2.75, 3.05) is 7.11 Å². The van der Waals surface area contributed by atoms with Gasteiger partial charge in [0.25, 0.3) is 0 Å². The summed E-state index contributed by atoms with van der Waals surface area (Å²) in [4.78, 5) is 11.0. The summed E-state index contributed by atoms with van der Waals surface area (Å²) in [6.45, 7) is 1.56. The van der Waals surface area contributed by atoms with Crippen molar-refractivity contribution in [2.24, 2.45) is 0 Å². The number of Topliss-reactive ketones (excluding diaryl/α,β-unsaturated/α-hetero) is 1. The standard InChI is InChI=1S/C11H12Br2O2/c1-7(14)11(13)9-3-8(6-12)4-10(5-9)15-2/h3-5,11H,6H2,1-2H3. The second-order valence-corrected chi connectivity index (χ2v) is 4.70. The Hall–Kier alpha value is -0.350. The van der Waals surface area contributed by atoms with E-state index in [4.69, 9.17) is 4.74 Å². The third-order valence-electron chi connectivity index (χ3n) is 2.03. The Labute approximate surface area is 106 Å². The second kappa shape index (κ2) is 5.66. The highest BCUT2D eigenvalue weighted by atomic mass is 79.9. The van der Waals surface area contributed by atoms with Gasteiger partial charge >= 0.3 is 0 Å². The van der Waals surface area contributed by atoms with Crippen LogP contribution in [0.3, 0.4) is 0 Å². The number of alkyl halides is 2. The van der Waals surface area contributed by atoms with Crippen LogP contribution >= 0.6 is 31.9 Å². The number of methoxy groups -OCH3 is 1. The van der Waals surface area contributed by atoms with E-state index >= 15 is 0 Å². The first-order valence-electron chi connectivity index (χ1n) is 4.46. The van der Waals surface area contributed by atoms with E-state index in [1.807, 2.05) is 18.2 Å². The minimum atomic E-state index is -0.259. The summed E-state index contributed by atoms with van der Waals surface area (Å²) < 4.78 is 5.17. The molecule has 0 fully saturated rings. The number of halogens is 2. The molecule has 0 saturated carbocycles. The molecule has 4 heteroatoms. The summed E-state index contributed by atoms with van der Waals surface area (Å²) in [6, 6.07) is 5.79. The smallest absolute Gasteiger partial charge is 0.147 e. The number of hydrogen-bond acceptors (Lipinski definition) is 2. The molecule has 0 spiro atoms. The molecule has 2 nitrogen and oxygen atoms in total. The molecule has 1 atom stereocenters. The zero-order chi connectivity index (χ0) is 11.4. The van der Waals surface area contributed by atoms with Crippen LogP contribution in [0.4, 0.5) is 0 Å². The highest BCUT2D eigenvalue weighted by Gasteiger charge is 2.14. The number of benzene rings is 1. The van der Waals surface area contributed by atoms with Crippen molar-refractivity contribution < 1.29 is 9.53 Å². The van der Waals surface area contributed by atoms with Crippen molar-refractivity contribution in [3.05, 3.63) is 29.3 Å². The molecule has 0 heterocycles. The number of carbonyl (C=O) groups excluding carboxylic acids is 1. The summed E-state index contributed by atoms with van der Waals surface area (Å²) in [6.07, 6.45) is 0. The molecular formula is C11H12Br2O2. The largest absolute Gasteiger partial charge is 0.497 e. The fourth-order valence-electron chi connectivity index (χ4n) is 1.26. The molecule has 0 aliphatic rings. The summed E-state index contributed by atoms with van der Waals surface area (Å²) in [7, 11) is 1.62. The Kier molecular flexibility index (Phi) is 4.80. The van der Waals surface area contributed by atoms with Gasteiger partial charge in [0.05, 0.1) is 11.9 Å². The first kappa shape index (κ1) is 12.7. The van der Waals surface area contributed by atoms with E-state index in [2.05, 4.69) is 31.9 Å². The Morgan fingerprint density at radius 2 is 2.13 bits per heavy atom. The third kappa shape index (κ3) is 3.31. The Morgan fingerprint density at radius 3 is 2.60 bits per heavy atom. The maximum atomic E-state index is 11.2. The molecule has 82 valence electrons.